The second kappa shape index (κ2) is 6.83. The lowest BCUT2D eigenvalue weighted by Gasteiger charge is -2.05. The Balaban J connectivity index is 1.79. The molecule has 2 aromatic heterocycles. The summed E-state index contributed by atoms with van der Waals surface area (Å²) in [5.74, 6) is 0.471. The van der Waals surface area contributed by atoms with Gasteiger partial charge in [-0.1, -0.05) is 0 Å². The Morgan fingerprint density at radius 2 is 2.42 bits per heavy atom. The smallest absolute Gasteiger partial charge is 0.360 e. The third-order valence-electron chi connectivity index (χ3n) is 2.38. The quantitative estimate of drug-likeness (QED) is 0.590. The van der Waals surface area contributed by atoms with Crippen molar-refractivity contribution in [3.63, 3.8) is 0 Å². The number of anilines is 1. The monoisotopic (exact) mass is 281 g/mol. The van der Waals surface area contributed by atoms with Crippen molar-refractivity contribution >= 4 is 22.3 Å². The number of carbonyl (C=O) groups is 1. The highest BCUT2D eigenvalue weighted by molar-refractivity contribution is 7.14. The minimum atomic E-state index is -0.388. The van der Waals surface area contributed by atoms with Gasteiger partial charge in [0.15, 0.2) is 5.69 Å². The summed E-state index contributed by atoms with van der Waals surface area (Å²) in [5, 5.41) is 10.5. The predicted molar refractivity (Wildman–Crippen MR) is 71.3 cm³/mol. The van der Waals surface area contributed by atoms with Gasteiger partial charge in [-0.2, -0.15) is 5.10 Å². The molecular weight excluding hydrogens is 266 g/mol. The fraction of sp³-hybridized carbons (Fsp3) is 0.455. The lowest BCUT2D eigenvalue weighted by molar-refractivity contribution is 0.0521. The zero-order chi connectivity index (χ0) is 13.5. The van der Waals surface area contributed by atoms with Crippen molar-refractivity contribution in [2.45, 2.75) is 19.8 Å². The standard InChI is InChI=1S/C11H15N5O2S/c1-2-18-11(17)9-10(19-7-14-9)12-5-3-4-8-13-6-15-16-8/h6-7,12H,2-5H2,1H3,(H,13,15,16). The SMILES string of the molecule is CCOC(=O)c1ncsc1NCCCc1ncn[nH]1. The van der Waals surface area contributed by atoms with Crippen LogP contribution in [-0.2, 0) is 11.2 Å². The fourth-order valence-electron chi connectivity index (χ4n) is 1.53. The number of aromatic amines is 1. The number of esters is 1. The Morgan fingerprint density at radius 1 is 1.53 bits per heavy atom. The van der Waals surface area contributed by atoms with Gasteiger partial charge in [-0.25, -0.2) is 14.8 Å². The van der Waals surface area contributed by atoms with Gasteiger partial charge in [-0.05, 0) is 13.3 Å². The van der Waals surface area contributed by atoms with E-state index in [2.05, 4.69) is 25.5 Å². The Hall–Kier alpha value is -1.96. The van der Waals surface area contributed by atoms with E-state index in [0.717, 1.165) is 30.2 Å². The average molecular weight is 281 g/mol. The number of carbonyl (C=O) groups excluding carboxylic acids is 1. The first-order valence-electron chi connectivity index (χ1n) is 6.00. The molecule has 0 amide bonds. The molecule has 0 unspecified atom stereocenters. The van der Waals surface area contributed by atoms with E-state index in [9.17, 15) is 4.79 Å². The van der Waals surface area contributed by atoms with Crippen LogP contribution in [0.1, 0.15) is 29.7 Å². The maximum atomic E-state index is 11.6. The van der Waals surface area contributed by atoms with Gasteiger partial charge in [0.2, 0.25) is 0 Å². The number of rotatable bonds is 7. The highest BCUT2D eigenvalue weighted by atomic mass is 32.1. The molecule has 2 rings (SSSR count). The average Bonchev–Trinajstić information content (AvgIpc) is 3.06. The van der Waals surface area contributed by atoms with Crippen LogP contribution < -0.4 is 5.32 Å². The van der Waals surface area contributed by atoms with Gasteiger partial charge in [0.1, 0.15) is 17.2 Å². The first-order chi connectivity index (χ1) is 9.31. The number of thiazole rings is 1. The van der Waals surface area contributed by atoms with Gasteiger partial charge >= 0.3 is 5.97 Å². The van der Waals surface area contributed by atoms with Crippen molar-refractivity contribution in [2.24, 2.45) is 0 Å². The van der Waals surface area contributed by atoms with Crippen LogP contribution in [0.2, 0.25) is 0 Å². The van der Waals surface area contributed by atoms with Crippen LogP contribution >= 0.6 is 11.3 Å². The van der Waals surface area contributed by atoms with Gasteiger partial charge in [0.25, 0.3) is 0 Å². The number of nitrogens with one attached hydrogen (secondary N) is 2. The normalized spacial score (nSPS) is 10.4. The molecule has 0 aliphatic rings. The molecule has 19 heavy (non-hydrogen) atoms. The van der Waals surface area contributed by atoms with E-state index in [1.807, 2.05) is 0 Å². The number of hydrogen-bond donors (Lipinski definition) is 2. The molecular formula is C11H15N5O2S. The summed E-state index contributed by atoms with van der Waals surface area (Å²) >= 11 is 1.39. The second-order valence-corrected chi connectivity index (χ2v) is 4.57. The summed E-state index contributed by atoms with van der Waals surface area (Å²) < 4.78 is 4.93. The van der Waals surface area contributed by atoms with Crippen molar-refractivity contribution in [3.8, 4) is 0 Å². The first-order valence-corrected chi connectivity index (χ1v) is 6.88. The Kier molecular flexibility index (Phi) is 4.85. The van der Waals surface area contributed by atoms with Gasteiger partial charge < -0.3 is 10.1 Å². The van der Waals surface area contributed by atoms with Crippen LogP contribution in [0.25, 0.3) is 0 Å². The summed E-state index contributed by atoms with van der Waals surface area (Å²) in [6, 6.07) is 0. The number of aryl methyl sites for hydroxylation is 1. The van der Waals surface area contributed by atoms with Crippen molar-refractivity contribution in [2.75, 3.05) is 18.5 Å². The maximum Gasteiger partial charge on any atom is 0.360 e. The van der Waals surface area contributed by atoms with E-state index >= 15 is 0 Å². The van der Waals surface area contributed by atoms with E-state index < -0.39 is 0 Å². The van der Waals surface area contributed by atoms with Crippen LogP contribution in [0.4, 0.5) is 5.00 Å². The number of ether oxygens (including phenoxy) is 1. The molecule has 7 nitrogen and oxygen atoms in total. The number of aromatic nitrogens is 4. The largest absolute Gasteiger partial charge is 0.461 e. The molecule has 2 heterocycles. The second-order valence-electron chi connectivity index (χ2n) is 3.71. The number of hydrogen-bond acceptors (Lipinski definition) is 7. The number of nitrogens with zero attached hydrogens (tertiary/aromatic N) is 3. The first kappa shape index (κ1) is 13.5. The molecule has 0 saturated heterocycles. The summed E-state index contributed by atoms with van der Waals surface area (Å²) in [6.45, 7) is 2.85. The van der Waals surface area contributed by atoms with Crippen LogP contribution in [-0.4, -0.2) is 39.3 Å². The molecule has 0 aliphatic heterocycles. The number of H-pyrrole nitrogens is 1. The molecule has 0 radical (unpaired) electrons. The van der Waals surface area contributed by atoms with E-state index in [1.165, 1.54) is 17.7 Å². The lowest BCUT2D eigenvalue weighted by Crippen LogP contribution is -2.10. The van der Waals surface area contributed by atoms with Gasteiger partial charge in [-0.3, -0.25) is 5.10 Å². The highest BCUT2D eigenvalue weighted by Gasteiger charge is 2.15. The maximum absolute atomic E-state index is 11.6. The summed E-state index contributed by atoms with van der Waals surface area (Å²) in [4.78, 5) is 19.7. The molecule has 0 fully saturated rings. The van der Waals surface area contributed by atoms with Crippen molar-refractivity contribution in [3.05, 3.63) is 23.4 Å². The third-order valence-corrected chi connectivity index (χ3v) is 3.16. The predicted octanol–water partition coefficient (Wildman–Crippen LogP) is 1.48. The highest BCUT2D eigenvalue weighted by Crippen LogP contribution is 2.20. The van der Waals surface area contributed by atoms with Crippen molar-refractivity contribution in [1.82, 2.24) is 20.2 Å². The van der Waals surface area contributed by atoms with E-state index in [4.69, 9.17) is 4.74 Å². The van der Waals surface area contributed by atoms with Crippen LogP contribution in [0.3, 0.4) is 0 Å². The molecule has 0 saturated carbocycles. The molecule has 0 aliphatic carbocycles. The van der Waals surface area contributed by atoms with Gasteiger partial charge in [-0.15, -0.1) is 11.3 Å². The summed E-state index contributed by atoms with van der Waals surface area (Å²) in [6.07, 6.45) is 3.18. The van der Waals surface area contributed by atoms with Crippen LogP contribution in [0.15, 0.2) is 11.8 Å². The summed E-state index contributed by atoms with van der Waals surface area (Å²) in [5.41, 5.74) is 1.98. The molecule has 2 N–H and O–H groups in total. The molecule has 0 atom stereocenters. The lowest BCUT2D eigenvalue weighted by atomic mass is 10.3. The van der Waals surface area contributed by atoms with E-state index in [0.29, 0.717) is 12.3 Å². The van der Waals surface area contributed by atoms with E-state index in [-0.39, 0.29) is 5.97 Å². The minimum Gasteiger partial charge on any atom is -0.461 e. The minimum absolute atomic E-state index is 0.349. The van der Waals surface area contributed by atoms with Gasteiger partial charge in [0, 0.05) is 13.0 Å². The third kappa shape index (κ3) is 3.75. The van der Waals surface area contributed by atoms with Crippen molar-refractivity contribution < 1.29 is 9.53 Å². The molecule has 0 aromatic carbocycles. The van der Waals surface area contributed by atoms with Crippen molar-refractivity contribution in [1.29, 1.82) is 0 Å². The molecule has 2 aromatic rings. The zero-order valence-electron chi connectivity index (χ0n) is 10.5. The van der Waals surface area contributed by atoms with Gasteiger partial charge in [0.05, 0.1) is 12.1 Å². The Labute approximate surface area is 114 Å². The molecule has 0 bridgehead atoms. The summed E-state index contributed by atoms with van der Waals surface area (Å²) in [7, 11) is 0. The fourth-order valence-corrected chi connectivity index (χ4v) is 2.22. The van der Waals surface area contributed by atoms with Crippen LogP contribution in [0, 0.1) is 0 Å². The Morgan fingerprint density at radius 3 is 3.16 bits per heavy atom. The topological polar surface area (TPSA) is 92.8 Å². The van der Waals surface area contributed by atoms with E-state index in [1.54, 1.807) is 12.4 Å². The zero-order valence-corrected chi connectivity index (χ0v) is 11.4. The molecule has 102 valence electrons. The Bertz CT molecular complexity index is 511. The molecule has 8 heteroatoms. The van der Waals surface area contributed by atoms with Crippen LogP contribution in [0.5, 0.6) is 0 Å². The molecule has 0 spiro atoms.